The number of unbranched alkanes of at least 4 members (excludes halogenated alkanes) is 12. The Balaban J connectivity index is 3.06. The first-order chi connectivity index (χ1) is 28.5. The van der Waals surface area contributed by atoms with E-state index in [2.05, 4.69) is 38.8 Å². The van der Waals surface area contributed by atoms with Crippen LogP contribution in [0.2, 0.25) is 0 Å². The molecule has 0 unspecified atom stereocenters. The van der Waals surface area contributed by atoms with Gasteiger partial charge in [-0.3, -0.25) is 34.2 Å². The van der Waals surface area contributed by atoms with Crippen molar-refractivity contribution in [3.8, 4) is 5.75 Å². The molecule has 11 N–H and O–H groups in total. The third-order valence-corrected chi connectivity index (χ3v) is 9.94. The van der Waals surface area contributed by atoms with Crippen LogP contribution in [0.1, 0.15) is 156 Å². The van der Waals surface area contributed by atoms with E-state index in [1.54, 1.807) is 26.0 Å². The molecule has 340 valence electrons. The zero-order valence-electron chi connectivity index (χ0n) is 36.8. The van der Waals surface area contributed by atoms with Crippen LogP contribution in [0.15, 0.2) is 24.3 Å². The second-order valence-corrected chi connectivity index (χ2v) is 16.5. The molecular formula is C44H76N8O8. The lowest BCUT2D eigenvalue weighted by atomic mass is 10.00. The van der Waals surface area contributed by atoms with Crippen LogP contribution in [-0.4, -0.2) is 88.4 Å². The Morgan fingerprint density at radius 2 is 1.12 bits per heavy atom. The molecule has 0 aliphatic carbocycles. The Labute approximate surface area is 357 Å². The fourth-order valence-electron chi connectivity index (χ4n) is 6.73. The van der Waals surface area contributed by atoms with Crippen molar-refractivity contribution < 1.29 is 39.0 Å². The van der Waals surface area contributed by atoms with Crippen LogP contribution in [0.4, 0.5) is 0 Å². The number of carbonyl (C=O) groups is 6. The summed E-state index contributed by atoms with van der Waals surface area (Å²) in [7, 11) is 0. The van der Waals surface area contributed by atoms with E-state index in [9.17, 15) is 39.0 Å². The summed E-state index contributed by atoms with van der Waals surface area (Å²) in [5.41, 5.74) is 6.00. The highest BCUT2D eigenvalue weighted by atomic mass is 16.4. The fraction of sp³-hybridized carbons (Fsp3) is 0.705. The molecule has 16 nitrogen and oxygen atoms in total. The lowest BCUT2D eigenvalue weighted by molar-refractivity contribution is -0.141. The smallest absolute Gasteiger partial charge is 0.305 e. The SMILES string of the molecule is CCCCCCCCCCCCCCCC(=O)N[C@@H](CC(=O)O)C(=O)N[C@@H](CCCNC(=N)N)C(=O)N[C@@H](Cc1ccc(O)cc1)C(=O)N[C@@H](CC(C)C)C(=O)NC(C)C. The largest absolute Gasteiger partial charge is 0.508 e. The predicted molar refractivity (Wildman–Crippen MR) is 234 cm³/mol. The second kappa shape index (κ2) is 31.1. The average molecular weight is 845 g/mol. The summed E-state index contributed by atoms with van der Waals surface area (Å²) >= 11 is 0. The number of phenolic OH excluding ortho intramolecular Hbond substituents is 1. The highest BCUT2D eigenvalue weighted by molar-refractivity contribution is 5.96. The third-order valence-electron chi connectivity index (χ3n) is 9.94. The van der Waals surface area contributed by atoms with Gasteiger partial charge < -0.3 is 47.8 Å². The molecule has 0 saturated heterocycles. The van der Waals surface area contributed by atoms with Gasteiger partial charge in [0.05, 0.1) is 6.42 Å². The van der Waals surface area contributed by atoms with E-state index >= 15 is 0 Å². The van der Waals surface area contributed by atoms with Crippen molar-refractivity contribution in [2.75, 3.05) is 6.54 Å². The molecule has 0 saturated carbocycles. The highest BCUT2D eigenvalue weighted by Crippen LogP contribution is 2.15. The fourth-order valence-corrected chi connectivity index (χ4v) is 6.73. The summed E-state index contributed by atoms with van der Waals surface area (Å²) < 4.78 is 0. The van der Waals surface area contributed by atoms with Gasteiger partial charge in [0, 0.05) is 25.4 Å². The summed E-state index contributed by atoms with van der Waals surface area (Å²) in [4.78, 5) is 79.3. The topological polar surface area (TPSA) is 265 Å². The number of benzene rings is 1. The Kier molecular flexibility index (Phi) is 27.5. The number of carboxylic acids is 1. The van der Waals surface area contributed by atoms with Gasteiger partial charge in [0.25, 0.3) is 0 Å². The normalized spacial score (nSPS) is 13.1. The van der Waals surface area contributed by atoms with Gasteiger partial charge in [0.2, 0.25) is 29.5 Å². The minimum atomic E-state index is -1.48. The van der Waals surface area contributed by atoms with Crippen molar-refractivity contribution >= 4 is 41.5 Å². The van der Waals surface area contributed by atoms with Gasteiger partial charge in [-0.25, -0.2) is 0 Å². The van der Waals surface area contributed by atoms with Gasteiger partial charge in [-0.1, -0.05) is 110 Å². The number of carboxylic acid groups (broad SMARTS) is 1. The number of phenols is 1. The van der Waals surface area contributed by atoms with Crippen LogP contribution in [-0.2, 0) is 35.2 Å². The molecule has 0 heterocycles. The van der Waals surface area contributed by atoms with E-state index in [0.29, 0.717) is 18.4 Å². The van der Waals surface area contributed by atoms with Crippen molar-refractivity contribution in [3.63, 3.8) is 0 Å². The number of nitrogens with one attached hydrogen (secondary N) is 7. The number of nitrogens with two attached hydrogens (primary N) is 1. The Hall–Kier alpha value is -4.89. The van der Waals surface area contributed by atoms with Gasteiger partial charge in [0.15, 0.2) is 5.96 Å². The number of hydrogen-bond donors (Lipinski definition) is 10. The number of rotatable bonds is 33. The van der Waals surface area contributed by atoms with Gasteiger partial charge in [-0.15, -0.1) is 0 Å². The first-order valence-electron chi connectivity index (χ1n) is 22.1. The van der Waals surface area contributed by atoms with Crippen LogP contribution >= 0.6 is 0 Å². The first-order valence-corrected chi connectivity index (χ1v) is 22.1. The Bertz CT molecular complexity index is 1460. The first kappa shape index (κ1) is 53.1. The van der Waals surface area contributed by atoms with Crippen molar-refractivity contribution in [2.24, 2.45) is 11.7 Å². The molecular weight excluding hydrogens is 769 g/mol. The zero-order valence-corrected chi connectivity index (χ0v) is 36.8. The van der Waals surface area contributed by atoms with Gasteiger partial charge >= 0.3 is 5.97 Å². The van der Waals surface area contributed by atoms with Crippen molar-refractivity contribution in [2.45, 2.75) is 187 Å². The van der Waals surface area contributed by atoms with Crippen molar-refractivity contribution in [3.05, 3.63) is 29.8 Å². The second-order valence-electron chi connectivity index (χ2n) is 16.5. The summed E-state index contributed by atoms with van der Waals surface area (Å²) in [5, 5.41) is 43.0. The van der Waals surface area contributed by atoms with Gasteiger partial charge in [0.1, 0.15) is 29.9 Å². The lowest BCUT2D eigenvalue weighted by Crippen LogP contribution is -2.59. The van der Waals surface area contributed by atoms with Crippen molar-refractivity contribution in [1.82, 2.24) is 31.9 Å². The third kappa shape index (κ3) is 25.6. The molecule has 5 amide bonds. The summed E-state index contributed by atoms with van der Waals surface area (Å²) in [6, 6.07) is 0.925. The molecule has 1 rings (SSSR count). The minimum Gasteiger partial charge on any atom is -0.508 e. The van der Waals surface area contributed by atoms with E-state index in [1.807, 2.05) is 13.8 Å². The average Bonchev–Trinajstić information content (AvgIpc) is 3.16. The molecule has 0 aliphatic heterocycles. The Morgan fingerprint density at radius 1 is 0.633 bits per heavy atom. The summed E-state index contributed by atoms with van der Waals surface area (Å²) in [5.74, 6) is -4.77. The molecule has 0 fully saturated rings. The molecule has 0 radical (unpaired) electrons. The van der Waals surface area contributed by atoms with Crippen LogP contribution in [0.3, 0.4) is 0 Å². The van der Waals surface area contributed by atoms with Gasteiger partial charge in [-0.05, 0) is 63.1 Å². The quantitative estimate of drug-likeness (QED) is 0.0266. The molecule has 0 aromatic heterocycles. The monoisotopic (exact) mass is 845 g/mol. The molecule has 1 aromatic carbocycles. The van der Waals surface area contributed by atoms with E-state index in [-0.39, 0.29) is 61.8 Å². The van der Waals surface area contributed by atoms with Crippen LogP contribution in [0.5, 0.6) is 5.75 Å². The van der Waals surface area contributed by atoms with E-state index < -0.39 is 60.2 Å². The minimum absolute atomic E-state index is 0.000406. The number of carbonyl (C=O) groups excluding carboxylic acids is 5. The maximum absolute atomic E-state index is 14.0. The standard InChI is InChI=1S/C44H76N8O8/c1-6-7-8-9-10-11-12-13-14-15-16-17-18-21-38(54)49-37(29-39(55)56)43(60)50-34(20-19-26-47-44(45)46)40(57)52-36(28-32-22-24-33(53)25-23-32)42(59)51-35(27-30(2)3)41(58)48-31(4)5/h22-25,30-31,34-37,53H,6-21,26-29H2,1-5H3,(H,48,58)(H,49,54)(H,50,60)(H,51,59)(H,52,57)(H,55,56)(H4,45,46,47)/t34-,35-,36-,37-/m0/s1. The summed E-state index contributed by atoms with van der Waals surface area (Å²) in [6.45, 7) is 9.80. The maximum Gasteiger partial charge on any atom is 0.305 e. The number of guanidine groups is 1. The van der Waals surface area contributed by atoms with Crippen LogP contribution < -0.4 is 37.6 Å². The van der Waals surface area contributed by atoms with E-state index in [1.165, 1.54) is 63.5 Å². The molecule has 0 bridgehead atoms. The number of aliphatic carboxylic acids is 1. The summed E-state index contributed by atoms with van der Waals surface area (Å²) in [6.07, 6.45) is 14.7. The van der Waals surface area contributed by atoms with Crippen molar-refractivity contribution in [1.29, 1.82) is 5.41 Å². The van der Waals surface area contributed by atoms with Gasteiger partial charge in [-0.2, -0.15) is 0 Å². The molecule has 0 spiro atoms. The van der Waals surface area contributed by atoms with E-state index in [4.69, 9.17) is 11.1 Å². The lowest BCUT2D eigenvalue weighted by Gasteiger charge is -2.27. The molecule has 0 aliphatic rings. The molecule has 1 aromatic rings. The predicted octanol–water partition coefficient (Wildman–Crippen LogP) is 4.66. The van der Waals surface area contributed by atoms with Crippen LogP contribution in [0, 0.1) is 11.3 Å². The van der Waals surface area contributed by atoms with Crippen LogP contribution in [0.25, 0.3) is 0 Å². The zero-order chi connectivity index (χ0) is 44.9. The number of amides is 5. The molecule has 60 heavy (non-hydrogen) atoms. The maximum atomic E-state index is 14.0. The molecule has 4 atom stereocenters. The Morgan fingerprint density at radius 3 is 1.63 bits per heavy atom. The number of aromatic hydroxyl groups is 1. The highest BCUT2D eigenvalue weighted by Gasteiger charge is 2.32. The molecule has 16 heteroatoms. The number of hydrogen-bond acceptors (Lipinski definition) is 8. The van der Waals surface area contributed by atoms with E-state index in [0.717, 1.165) is 25.7 Å².